The van der Waals surface area contributed by atoms with Crippen molar-refractivity contribution >= 4 is 28.9 Å². The molecule has 1 saturated carbocycles. The molecule has 3 aliphatic rings. The van der Waals surface area contributed by atoms with Crippen LogP contribution >= 0.6 is 17.1 Å². The molecule has 0 spiro atoms. The first-order valence-electron chi connectivity index (χ1n) is 10.8. The summed E-state index contributed by atoms with van der Waals surface area (Å²) in [4.78, 5) is 26.0. The second-order valence-corrected chi connectivity index (χ2v) is 16.0. The average Bonchev–Trinajstić information content (AvgIpc) is 3.15. The van der Waals surface area contributed by atoms with Gasteiger partial charge in [-0.25, -0.2) is 9.18 Å². The van der Waals surface area contributed by atoms with Gasteiger partial charge in [0, 0.05) is 22.4 Å². The Morgan fingerprint density at radius 1 is 1.53 bits per heavy atom. The highest BCUT2D eigenvalue weighted by molar-refractivity contribution is 8.68. The summed E-state index contributed by atoms with van der Waals surface area (Å²) in [6.45, 7) is 11.7. The summed E-state index contributed by atoms with van der Waals surface area (Å²) in [6, 6.07) is 0. The van der Waals surface area contributed by atoms with Crippen LogP contribution in [0, 0.1) is 18.8 Å². The molecule has 7 nitrogen and oxygen atoms in total. The molecule has 3 heterocycles. The molecule has 1 aromatic heterocycles. The Hall–Kier alpha value is -0.770. The number of hydrogen-bond acceptors (Lipinski definition) is 7. The molecule has 4 rings (SSSR count). The van der Waals surface area contributed by atoms with Crippen molar-refractivity contribution in [3.05, 3.63) is 44.8 Å². The van der Waals surface area contributed by atoms with Crippen LogP contribution in [0.15, 0.2) is 27.9 Å². The monoisotopic (exact) mass is 504 g/mol. The molecule has 0 bridgehead atoms. The summed E-state index contributed by atoms with van der Waals surface area (Å²) in [5.41, 5.74) is -2.33. The van der Waals surface area contributed by atoms with E-state index in [1.165, 1.54) is 11.8 Å². The molecule has 32 heavy (non-hydrogen) atoms. The normalized spacial score (nSPS) is 41.5. The molecular formula is C21H30FN2O5PS2. The van der Waals surface area contributed by atoms with Crippen LogP contribution in [0.4, 0.5) is 4.39 Å². The van der Waals surface area contributed by atoms with Crippen molar-refractivity contribution in [1.29, 1.82) is 0 Å². The summed E-state index contributed by atoms with van der Waals surface area (Å²) in [7, 11) is 0. The molecule has 11 heteroatoms. The Labute approximate surface area is 196 Å². The smallest absolute Gasteiger partial charge is 0.330 e. The van der Waals surface area contributed by atoms with Crippen molar-refractivity contribution < 1.29 is 18.2 Å². The molecule has 1 aliphatic carbocycles. The SMILES string of the molecule is C=C(C)[C@H]1CC[C@@]2(C)S[P@](=S)(OC[C@H]3O[C@@H](n4cc(C)c(=O)[nH]c4=O)[C@H](F)[C@@H]3C)O[C@@H]2C1. The lowest BCUT2D eigenvalue weighted by atomic mass is 9.77. The highest BCUT2D eigenvalue weighted by Crippen LogP contribution is 2.75. The van der Waals surface area contributed by atoms with Crippen LogP contribution in [-0.4, -0.2) is 39.3 Å². The third-order valence-electron chi connectivity index (χ3n) is 6.93. The Bertz CT molecular complexity index is 1080. The number of aryl methyl sites for hydroxylation is 1. The zero-order valence-electron chi connectivity index (χ0n) is 18.7. The van der Waals surface area contributed by atoms with Gasteiger partial charge in [-0.15, -0.1) is 0 Å². The maximum atomic E-state index is 15.1. The van der Waals surface area contributed by atoms with Crippen molar-refractivity contribution in [3.8, 4) is 0 Å². The first-order chi connectivity index (χ1) is 14.9. The number of rotatable bonds is 5. The molecular weight excluding hydrogens is 474 g/mol. The molecule has 2 saturated heterocycles. The fourth-order valence-electron chi connectivity index (χ4n) is 4.64. The fourth-order valence-corrected chi connectivity index (χ4v) is 11.8. The summed E-state index contributed by atoms with van der Waals surface area (Å²) in [6.07, 6.45) is 1.14. The summed E-state index contributed by atoms with van der Waals surface area (Å²) < 4.78 is 34.4. The molecule has 178 valence electrons. The highest BCUT2D eigenvalue weighted by atomic mass is 32.9. The number of allylic oxidation sites excluding steroid dienone is 1. The summed E-state index contributed by atoms with van der Waals surface area (Å²) >= 11 is 7.41. The molecule has 3 fully saturated rings. The van der Waals surface area contributed by atoms with E-state index in [9.17, 15) is 9.59 Å². The van der Waals surface area contributed by atoms with Crippen molar-refractivity contribution in [2.24, 2.45) is 11.8 Å². The zero-order valence-corrected chi connectivity index (χ0v) is 21.2. The lowest BCUT2D eigenvalue weighted by Crippen LogP contribution is -2.39. The minimum absolute atomic E-state index is 0.0140. The average molecular weight is 505 g/mol. The molecule has 0 radical (unpaired) electrons. The summed E-state index contributed by atoms with van der Waals surface area (Å²) in [5.74, 6) is -0.0838. The van der Waals surface area contributed by atoms with Gasteiger partial charge in [-0.1, -0.05) is 30.5 Å². The van der Waals surface area contributed by atoms with Gasteiger partial charge in [-0.05, 0) is 57.8 Å². The number of aromatic nitrogens is 2. The quantitative estimate of drug-likeness (QED) is 0.475. The number of hydrogen-bond donors (Lipinski definition) is 1. The number of nitrogens with one attached hydrogen (secondary N) is 1. The van der Waals surface area contributed by atoms with Crippen LogP contribution in [0.25, 0.3) is 0 Å². The van der Waals surface area contributed by atoms with Gasteiger partial charge in [0.1, 0.15) is 0 Å². The number of alkyl halides is 1. The molecule has 0 aromatic carbocycles. The van der Waals surface area contributed by atoms with E-state index in [4.69, 9.17) is 25.6 Å². The number of nitrogens with zero attached hydrogens (tertiary/aromatic N) is 1. The van der Waals surface area contributed by atoms with Crippen molar-refractivity contribution in [2.45, 2.75) is 76.3 Å². The van der Waals surface area contributed by atoms with Crippen molar-refractivity contribution in [2.75, 3.05) is 6.61 Å². The Morgan fingerprint density at radius 3 is 2.94 bits per heavy atom. The number of halogens is 1. The molecule has 2 aliphatic heterocycles. The van der Waals surface area contributed by atoms with E-state index in [1.807, 2.05) is 0 Å². The molecule has 1 N–H and O–H groups in total. The third-order valence-corrected chi connectivity index (χ3v) is 12.8. The van der Waals surface area contributed by atoms with Gasteiger partial charge in [-0.2, -0.15) is 0 Å². The van der Waals surface area contributed by atoms with Crippen LogP contribution in [0.3, 0.4) is 0 Å². The largest absolute Gasteiger partial charge is 0.349 e. The maximum Gasteiger partial charge on any atom is 0.330 e. The van der Waals surface area contributed by atoms with Crippen LogP contribution in [0.2, 0.25) is 0 Å². The van der Waals surface area contributed by atoms with E-state index in [0.717, 1.165) is 23.8 Å². The van der Waals surface area contributed by atoms with Crippen molar-refractivity contribution in [3.63, 3.8) is 0 Å². The van der Waals surface area contributed by atoms with E-state index in [0.29, 0.717) is 11.5 Å². The third kappa shape index (κ3) is 4.46. The predicted octanol–water partition coefficient (Wildman–Crippen LogP) is 4.22. The number of ether oxygens (including phenoxy) is 1. The van der Waals surface area contributed by atoms with E-state index < -0.39 is 41.4 Å². The standard InChI is InChI=1S/C21H30FN2O5PS2/c1-11(2)14-6-7-21(5)16(8-14)29-30(31,32-21)27-10-15-13(4)17(22)19(28-15)24-9-12(3)18(25)23-20(24)26/h9,13-17,19H,1,6-8,10H2,2-5H3,(H,23,25,26)/t13-,14+,15-,16-,17-,19-,21-,30-/m1/s1. The lowest BCUT2D eigenvalue weighted by molar-refractivity contribution is -0.0386. The summed E-state index contributed by atoms with van der Waals surface area (Å²) in [5, 5.41) is 0. The number of H-pyrrole nitrogens is 1. The van der Waals surface area contributed by atoms with Gasteiger partial charge < -0.3 is 13.8 Å². The van der Waals surface area contributed by atoms with Crippen LogP contribution in [0.1, 0.15) is 51.8 Å². The Kier molecular flexibility index (Phi) is 6.68. The predicted molar refractivity (Wildman–Crippen MR) is 127 cm³/mol. The molecule has 1 aromatic rings. The Balaban J connectivity index is 1.44. The minimum Gasteiger partial charge on any atom is -0.349 e. The first kappa shape index (κ1) is 24.4. The second kappa shape index (κ2) is 8.78. The van der Waals surface area contributed by atoms with Gasteiger partial charge >= 0.3 is 5.69 Å². The van der Waals surface area contributed by atoms with Crippen LogP contribution in [0.5, 0.6) is 0 Å². The first-order valence-corrected chi connectivity index (χ1v) is 14.9. The zero-order chi connectivity index (χ0) is 23.4. The molecule has 0 amide bonds. The Morgan fingerprint density at radius 2 is 2.25 bits per heavy atom. The van der Waals surface area contributed by atoms with Gasteiger partial charge in [0.05, 0.1) is 18.8 Å². The maximum absolute atomic E-state index is 15.1. The van der Waals surface area contributed by atoms with Crippen LogP contribution in [-0.2, 0) is 25.6 Å². The van der Waals surface area contributed by atoms with E-state index >= 15 is 4.39 Å². The lowest BCUT2D eigenvalue weighted by Gasteiger charge is -2.37. The highest BCUT2D eigenvalue weighted by Gasteiger charge is 2.54. The molecule has 0 unspecified atom stereocenters. The van der Waals surface area contributed by atoms with Crippen LogP contribution < -0.4 is 11.2 Å². The van der Waals surface area contributed by atoms with Crippen molar-refractivity contribution in [1.82, 2.24) is 9.55 Å². The van der Waals surface area contributed by atoms with Gasteiger partial charge in [-0.3, -0.25) is 14.3 Å². The van der Waals surface area contributed by atoms with E-state index in [-0.39, 0.29) is 17.5 Å². The second-order valence-electron chi connectivity index (χ2n) is 9.41. The topological polar surface area (TPSA) is 82.5 Å². The van der Waals surface area contributed by atoms with Gasteiger partial charge in [0.15, 0.2) is 12.4 Å². The van der Waals surface area contributed by atoms with E-state index in [1.54, 1.807) is 25.2 Å². The number of fused-ring (bicyclic) bond motifs is 1. The minimum atomic E-state index is -2.61. The van der Waals surface area contributed by atoms with E-state index in [2.05, 4.69) is 25.4 Å². The van der Waals surface area contributed by atoms with Gasteiger partial charge in [0.25, 0.3) is 5.56 Å². The van der Waals surface area contributed by atoms with Gasteiger partial charge in [0.2, 0.25) is 5.69 Å². The number of aromatic amines is 1. The fraction of sp³-hybridized carbons (Fsp3) is 0.714. The molecule has 8 atom stereocenters.